The maximum Gasteiger partial charge on any atom is 0.255 e. The third-order valence-electron chi connectivity index (χ3n) is 4.07. The molecule has 2 heterocycles. The predicted molar refractivity (Wildman–Crippen MR) is 95.5 cm³/mol. The first kappa shape index (κ1) is 17.6. The fourth-order valence-corrected chi connectivity index (χ4v) is 4.90. The highest BCUT2D eigenvalue weighted by Gasteiger charge is 2.42. The Kier molecular flexibility index (Phi) is 5.38. The maximum absolute atomic E-state index is 12.0. The largest absolute Gasteiger partial charge is 0.379 e. The lowest BCUT2D eigenvalue weighted by Crippen LogP contribution is -2.44. The third kappa shape index (κ3) is 3.28. The average molecular weight is 384 g/mol. The maximum atomic E-state index is 12.0. The molecule has 24 heavy (non-hydrogen) atoms. The Morgan fingerprint density at radius 2 is 2.08 bits per heavy atom. The smallest absolute Gasteiger partial charge is 0.255 e. The van der Waals surface area contributed by atoms with Gasteiger partial charge in [-0.05, 0) is 23.3 Å². The van der Waals surface area contributed by atoms with E-state index in [1.165, 1.54) is 11.8 Å². The summed E-state index contributed by atoms with van der Waals surface area (Å²) in [4.78, 5) is 14.5. The first-order valence-corrected chi connectivity index (χ1v) is 9.04. The van der Waals surface area contributed by atoms with Crippen molar-refractivity contribution >= 4 is 46.4 Å². The minimum atomic E-state index is -0.544. The topological polar surface area (TPSA) is 79.3 Å². The standard InChI is InChI=1S/C16H15Cl2N3O2S/c17-9-1-2-10(12(18)7-9)13-11(8-19)16(24-14(13)15(20)22)21-3-5-23-6-4-21/h1-2,7,11,16H,3-6H2,(H2,20,22). The summed E-state index contributed by atoms with van der Waals surface area (Å²) in [7, 11) is 0. The number of nitriles is 1. The highest BCUT2D eigenvalue weighted by Crippen LogP contribution is 2.49. The van der Waals surface area contributed by atoms with Gasteiger partial charge >= 0.3 is 0 Å². The van der Waals surface area contributed by atoms with Crippen LogP contribution in [0.5, 0.6) is 0 Å². The summed E-state index contributed by atoms with van der Waals surface area (Å²) in [5, 5.41) is 10.5. The summed E-state index contributed by atoms with van der Waals surface area (Å²) in [6.07, 6.45) is 0. The molecule has 1 aromatic rings. The van der Waals surface area contributed by atoms with Crippen LogP contribution in [-0.4, -0.2) is 42.5 Å². The van der Waals surface area contributed by atoms with E-state index in [4.69, 9.17) is 33.7 Å². The number of halogens is 2. The number of hydrogen-bond acceptors (Lipinski definition) is 5. The van der Waals surface area contributed by atoms with E-state index in [1.54, 1.807) is 18.2 Å². The quantitative estimate of drug-likeness (QED) is 0.867. The fraction of sp³-hybridized carbons (Fsp3) is 0.375. The zero-order valence-electron chi connectivity index (χ0n) is 12.7. The summed E-state index contributed by atoms with van der Waals surface area (Å²) in [6.45, 7) is 2.64. The molecule has 0 bridgehead atoms. The Morgan fingerprint density at radius 1 is 1.38 bits per heavy atom. The Bertz CT molecular complexity index is 741. The number of benzene rings is 1. The number of hydrogen-bond donors (Lipinski definition) is 1. The Labute approximate surface area is 154 Å². The number of carbonyl (C=O) groups excluding carboxylic acids is 1. The van der Waals surface area contributed by atoms with Gasteiger partial charge in [-0.1, -0.05) is 41.0 Å². The first-order chi connectivity index (χ1) is 11.5. The van der Waals surface area contributed by atoms with E-state index in [1.807, 2.05) is 0 Å². The van der Waals surface area contributed by atoms with Crippen molar-refractivity contribution in [1.29, 1.82) is 5.26 Å². The Hall–Kier alpha value is -1.23. The fourth-order valence-electron chi connectivity index (χ4n) is 2.97. The second-order valence-corrected chi connectivity index (χ2v) is 7.47. The molecular weight excluding hydrogens is 369 g/mol. The van der Waals surface area contributed by atoms with Crippen LogP contribution in [0.2, 0.25) is 10.0 Å². The third-order valence-corrected chi connectivity index (χ3v) is 6.09. The average Bonchev–Trinajstić information content (AvgIpc) is 2.95. The lowest BCUT2D eigenvalue weighted by Gasteiger charge is -2.33. The van der Waals surface area contributed by atoms with Crippen molar-refractivity contribution in [1.82, 2.24) is 4.90 Å². The summed E-state index contributed by atoms with van der Waals surface area (Å²) in [6, 6.07) is 7.35. The number of amides is 1. The lowest BCUT2D eigenvalue weighted by molar-refractivity contribution is -0.113. The zero-order valence-corrected chi connectivity index (χ0v) is 15.0. The number of ether oxygens (including phenoxy) is 1. The van der Waals surface area contributed by atoms with E-state index < -0.39 is 11.8 Å². The van der Waals surface area contributed by atoms with Gasteiger partial charge < -0.3 is 10.5 Å². The molecule has 0 saturated carbocycles. The minimum absolute atomic E-state index is 0.178. The van der Waals surface area contributed by atoms with Gasteiger partial charge in [0.2, 0.25) is 0 Å². The molecule has 2 aliphatic heterocycles. The molecule has 2 aliphatic rings. The van der Waals surface area contributed by atoms with Gasteiger partial charge in [0.15, 0.2) is 0 Å². The number of morpholine rings is 1. The summed E-state index contributed by atoms with van der Waals surface area (Å²) >= 11 is 13.6. The van der Waals surface area contributed by atoms with Crippen LogP contribution >= 0.6 is 35.0 Å². The lowest BCUT2D eigenvalue weighted by atomic mass is 9.92. The van der Waals surface area contributed by atoms with Crippen molar-refractivity contribution in [2.45, 2.75) is 5.37 Å². The Balaban J connectivity index is 2.04. The van der Waals surface area contributed by atoms with Crippen LogP contribution < -0.4 is 5.73 Å². The van der Waals surface area contributed by atoms with E-state index in [-0.39, 0.29) is 5.37 Å². The molecule has 126 valence electrons. The van der Waals surface area contributed by atoms with Gasteiger partial charge in [-0.25, -0.2) is 0 Å². The van der Waals surface area contributed by atoms with Crippen molar-refractivity contribution < 1.29 is 9.53 Å². The van der Waals surface area contributed by atoms with Gasteiger partial charge in [-0.3, -0.25) is 9.69 Å². The summed E-state index contributed by atoms with van der Waals surface area (Å²) in [5.74, 6) is -1.05. The molecule has 0 aliphatic carbocycles. The molecule has 1 amide bonds. The van der Waals surface area contributed by atoms with Gasteiger partial charge in [-0.2, -0.15) is 5.26 Å². The van der Waals surface area contributed by atoms with E-state index in [0.717, 1.165) is 0 Å². The number of primary amides is 1. The van der Waals surface area contributed by atoms with E-state index in [2.05, 4.69) is 11.0 Å². The Morgan fingerprint density at radius 3 is 2.67 bits per heavy atom. The van der Waals surface area contributed by atoms with Gasteiger partial charge in [0.25, 0.3) is 5.91 Å². The number of thioether (sulfide) groups is 1. The molecule has 2 atom stereocenters. The summed E-state index contributed by atoms with van der Waals surface area (Å²) in [5.41, 5.74) is 6.79. The highest BCUT2D eigenvalue weighted by molar-refractivity contribution is 8.05. The van der Waals surface area contributed by atoms with Crippen LogP contribution in [0.1, 0.15) is 5.56 Å². The molecule has 0 aromatic heterocycles. The van der Waals surface area contributed by atoms with Crippen molar-refractivity contribution in [2.75, 3.05) is 26.3 Å². The number of nitrogens with two attached hydrogens (primary N) is 1. The van der Waals surface area contributed by atoms with E-state index >= 15 is 0 Å². The predicted octanol–water partition coefficient (Wildman–Crippen LogP) is 2.73. The minimum Gasteiger partial charge on any atom is -0.379 e. The van der Waals surface area contributed by atoms with Crippen molar-refractivity contribution in [2.24, 2.45) is 11.7 Å². The van der Waals surface area contributed by atoms with Gasteiger partial charge in [0.05, 0.1) is 35.5 Å². The molecule has 1 aromatic carbocycles. The number of nitrogens with zero attached hydrogens (tertiary/aromatic N) is 2. The molecule has 2 unspecified atom stereocenters. The van der Waals surface area contributed by atoms with E-state index in [0.29, 0.717) is 52.4 Å². The number of rotatable bonds is 3. The molecular formula is C16H15Cl2N3O2S. The van der Waals surface area contributed by atoms with Crippen LogP contribution in [0.3, 0.4) is 0 Å². The monoisotopic (exact) mass is 383 g/mol. The van der Waals surface area contributed by atoms with Crippen LogP contribution in [0, 0.1) is 17.2 Å². The molecule has 8 heteroatoms. The van der Waals surface area contributed by atoms with Gasteiger partial charge in [-0.15, -0.1) is 0 Å². The second-order valence-electron chi connectivity index (χ2n) is 5.49. The molecule has 1 fully saturated rings. The molecule has 2 N–H and O–H groups in total. The van der Waals surface area contributed by atoms with Crippen LogP contribution in [0.15, 0.2) is 23.1 Å². The SMILES string of the molecule is N#CC1C(c2ccc(Cl)cc2Cl)=C(C(N)=O)SC1N1CCOCC1. The molecule has 0 radical (unpaired) electrons. The van der Waals surface area contributed by atoms with Crippen molar-refractivity contribution in [3.63, 3.8) is 0 Å². The first-order valence-electron chi connectivity index (χ1n) is 7.40. The second kappa shape index (κ2) is 7.34. The molecule has 1 saturated heterocycles. The zero-order chi connectivity index (χ0) is 17.3. The van der Waals surface area contributed by atoms with Crippen LogP contribution in [0.4, 0.5) is 0 Å². The van der Waals surface area contributed by atoms with Gasteiger partial charge in [0.1, 0.15) is 0 Å². The molecule has 3 rings (SSSR count). The normalized spacial score (nSPS) is 24.9. The van der Waals surface area contributed by atoms with Gasteiger partial charge in [0, 0.05) is 23.1 Å². The highest BCUT2D eigenvalue weighted by atomic mass is 35.5. The molecule has 0 spiro atoms. The van der Waals surface area contributed by atoms with E-state index in [9.17, 15) is 10.1 Å². The van der Waals surface area contributed by atoms with Crippen molar-refractivity contribution in [3.05, 3.63) is 38.7 Å². The molecule has 5 nitrogen and oxygen atoms in total. The summed E-state index contributed by atoms with van der Waals surface area (Å²) < 4.78 is 5.37. The van der Waals surface area contributed by atoms with Crippen LogP contribution in [-0.2, 0) is 9.53 Å². The van der Waals surface area contributed by atoms with Crippen LogP contribution in [0.25, 0.3) is 5.57 Å². The van der Waals surface area contributed by atoms with Crippen molar-refractivity contribution in [3.8, 4) is 6.07 Å². The number of carbonyl (C=O) groups is 1.